The molecule has 0 amide bonds. The Labute approximate surface area is 163 Å². The third kappa shape index (κ3) is 4.07. The normalized spacial score (nSPS) is 15.1. The van der Waals surface area contributed by atoms with Gasteiger partial charge in [-0.3, -0.25) is 0 Å². The number of hydrogen-bond donors (Lipinski definition) is 0. The molecule has 0 aliphatic heterocycles. The zero-order valence-corrected chi connectivity index (χ0v) is 16.6. The molecule has 1 aliphatic rings. The van der Waals surface area contributed by atoms with Gasteiger partial charge in [-0.25, -0.2) is 4.79 Å². The molecule has 0 N–H and O–H groups in total. The van der Waals surface area contributed by atoms with Crippen molar-refractivity contribution in [2.75, 3.05) is 0 Å². The summed E-state index contributed by atoms with van der Waals surface area (Å²) in [6.45, 7) is 4.14. The Morgan fingerprint density at radius 1 is 1.31 bits per heavy atom. The first kappa shape index (κ1) is 19.2. The lowest BCUT2D eigenvalue weighted by Gasteiger charge is -2.16. The predicted octanol–water partition coefficient (Wildman–Crippen LogP) is 6.65. The van der Waals surface area contributed by atoms with Crippen molar-refractivity contribution in [2.24, 2.45) is 0 Å². The Morgan fingerprint density at radius 3 is 2.58 bits per heavy atom. The average molecular weight is 396 g/mol. The van der Waals surface area contributed by atoms with Crippen molar-refractivity contribution in [3.05, 3.63) is 39.6 Å². The molecule has 1 fully saturated rings. The maximum Gasteiger partial charge on any atom is 0.344 e. The topological polar surface area (TPSA) is 52.3 Å². The van der Waals surface area contributed by atoms with Crippen LogP contribution in [0.1, 0.15) is 74.4 Å². The third-order valence-corrected chi connectivity index (χ3v) is 5.31. The van der Waals surface area contributed by atoms with Crippen molar-refractivity contribution in [1.29, 1.82) is 0 Å². The minimum atomic E-state index is -0.401. The highest BCUT2D eigenvalue weighted by Gasteiger charge is 2.37. The van der Waals surface area contributed by atoms with Crippen LogP contribution in [0.2, 0.25) is 10.0 Å². The second kappa shape index (κ2) is 8.45. The number of ether oxygens (including phenoxy) is 1. The Kier molecular flexibility index (Phi) is 6.25. The minimum Gasteiger partial charge on any atom is -0.459 e. The number of benzene rings is 1. The molecule has 0 spiro atoms. The maximum atomic E-state index is 13.0. The van der Waals surface area contributed by atoms with Gasteiger partial charge >= 0.3 is 5.97 Å². The number of esters is 1. The number of carbonyl (C=O) groups is 1. The summed E-state index contributed by atoms with van der Waals surface area (Å²) in [7, 11) is 0. The molecular weight excluding hydrogens is 373 g/mol. The van der Waals surface area contributed by atoms with Crippen LogP contribution in [0.4, 0.5) is 0 Å². The van der Waals surface area contributed by atoms with E-state index in [0.29, 0.717) is 32.6 Å². The number of halogens is 2. The van der Waals surface area contributed by atoms with Gasteiger partial charge in [-0.15, -0.1) is 0 Å². The van der Waals surface area contributed by atoms with Gasteiger partial charge in [-0.05, 0) is 37.8 Å². The fourth-order valence-electron chi connectivity index (χ4n) is 3.01. The lowest BCUT2D eigenvalue weighted by Crippen LogP contribution is -2.18. The molecule has 2 aromatic rings. The van der Waals surface area contributed by atoms with E-state index in [1.165, 1.54) is 0 Å². The lowest BCUT2D eigenvalue weighted by atomic mass is 10.0. The monoisotopic (exact) mass is 395 g/mol. The molecule has 1 aromatic heterocycles. The SMILES string of the molecule is CCCCC(CC)OC(=O)c1c(-c2c(Cl)cccc2Cl)noc1C1CC1. The summed E-state index contributed by atoms with van der Waals surface area (Å²) in [5, 5.41) is 5.00. The molecule has 3 rings (SSSR count). The van der Waals surface area contributed by atoms with Gasteiger partial charge in [-0.2, -0.15) is 0 Å². The number of unbranched alkanes of at least 4 members (excludes halogenated alkanes) is 1. The van der Waals surface area contributed by atoms with Crippen LogP contribution < -0.4 is 0 Å². The first-order chi connectivity index (χ1) is 12.6. The molecule has 1 aromatic carbocycles. The zero-order valence-electron chi connectivity index (χ0n) is 15.1. The molecule has 0 saturated heterocycles. The lowest BCUT2D eigenvalue weighted by molar-refractivity contribution is 0.0266. The number of nitrogens with zero attached hydrogens (tertiary/aromatic N) is 1. The van der Waals surface area contributed by atoms with E-state index in [2.05, 4.69) is 12.1 Å². The van der Waals surface area contributed by atoms with E-state index in [9.17, 15) is 4.79 Å². The van der Waals surface area contributed by atoms with Crippen LogP contribution in [0.25, 0.3) is 11.3 Å². The zero-order chi connectivity index (χ0) is 18.7. The highest BCUT2D eigenvalue weighted by molar-refractivity contribution is 6.39. The van der Waals surface area contributed by atoms with Gasteiger partial charge in [0.25, 0.3) is 0 Å². The molecule has 1 saturated carbocycles. The van der Waals surface area contributed by atoms with Crippen molar-refractivity contribution in [1.82, 2.24) is 5.16 Å². The van der Waals surface area contributed by atoms with E-state index >= 15 is 0 Å². The molecule has 140 valence electrons. The summed E-state index contributed by atoms with van der Waals surface area (Å²) in [6, 6.07) is 5.20. The Hall–Kier alpha value is -1.52. The smallest absolute Gasteiger partial charge is 0.344 e. The van der Waals surface area contributed by atoms with E-state index in [1.54, 1.807) is 18.2 Å². The van der Waals surface area contributed by atoms with E-state index in [-0.39, 0.29) is 12.0 Å². The summed E-state index contributed by atoms with van der Waals surface area (Å²) in [4.78, 5) is 13.0. The second-order valence-corrected chi connectivity index (χ2v) is 7.53. The molecule has 0 radical (unpaired) electrons. The van der Waals surface area contributed by atoms with Gasteiger partial charge in [0.2, 0.25) is 0 Å². The van der Waals surface area contributed by atoms with Crippen molar-refractivity contribution in [3.8, 4) is 11.3 Å². The van der Waals surface area contributed by atoms with Gasteiger partial charge in [-0.1, -0.05) is 61.1 Å². The van der Waals surface area contributed by atoms with E-state index in [1.807, 2.05) is 6.92 Å². The number of aromatic nitrogens is 1. The van der Waals surface area contributed by atoms with Crippen LogP contribution in [0.15, 0.2) is 22.7 Å². The van der Waals surface area contributed by atoms with E-state index < -0.39 is 5.97 Å². The molecule has 0 bridgehead atoms. The summed E-state index contributed by atoms with van der Waals surface area (Å²) in [6.07, 6.45) is 5.57. The van der Waals surface area contributed by atoms with Gasteiger partial charge in [0.1, 0.15) is 17.4 Å². The van der Waals surface area contributed by atoms with Crippen molar-refractivity contribution < 1.29 is 14.1 Å². The third-order valence-electron chi connectivity index (χ3n) is 4.68. The van der Waals surface area contributed by atoms with Gasteiger partial charge in [0.15, 0.2) is 5.76 Å². The van der Waals surface area contributed by atoms with Gasteiger partial charge < -0.3 is 9.26 Å². The largest absolute Gasteiger partial charge is 0.459 e. The van der Waals surface area contributed by atoms with Gasteiger partial charge in [0, 0.05) is 11.5 Å². The van der Waals surface area contributed by atoms with E-state index in [4.69, 9.17) is 32.5 Å². The molecule has 26 heavy (non-hydrogen) atoms. The molecule has 6 heteroatoms. The second-order valence-electron chi connectivity index (χ2n) is 6.72. The fourth-order valence-corrected chi connectivity index (χ4v) is 3.58. The van der Waals surface area contributed by atoms with Crippen molar-refractivity contribution >= 4 is 29.2 Å². The minimum absolute atomic E-state index is 0.112. The molecule has 1 unspecified atom stereocenters. The summed E-state index contributed by atoms with van der Waals surface area (Å²) in [5.41, 5.74) is 1.26. The first-order valence-corrected chi connectivity index (χ1v) is 9.97. The molecule has 4 nitrogen and oxygen atoms in total. The van der Waals surface area contributed by atoms with Crippen LogP contribution in [0.5, 0.6) is 0 Å². The van der Waals surface area contributed by atoms with Crippen molar-refractivity contribution in [2.45, 2.75) is 64.4 Å². The molecule has 1 atom stereocenters. The molecule has 1 heterocycles. The Bertz CT molecular complexity index is 763. The van der Waals surface area contributed by atoms with E-state index in [0.717, 1.165) is 38.5 Å². The number of hydrogen-bond acceptors (Lipinski definition) is 4. The number of carbonyl (C=O) groups excluding carboxylic acids is 1. The average Bonchev–Trinajstić information content (AvgIpc) is 3.38. The predicted molar refractivity (Wildman–Crippen MR) is 103 cm³/mol. The Balaban J connectivity index is 1.97. The first-order valence-electron chi connectivity index (χ1n) is 9.21. The maximum absolute atomic E-state index is 13.0. The van der Waals surface area contributed by atoms with Crippen molar-refractivity contribution in [3.63, 3.8) is 0 Å². The Morgan fingerprint density at radius 2 is 2.00 bits per heavy atom. The van der Waals surface area contributed by atoms with Crippen LogP contribution in [-0.4, -0.2) is 17.2 Å². The standard InChI is InChI=1S/C20H23Cl2NO3/c1-3-5-7-13(4-2)25-20(24)17-18(23-26-19(17)12-10-11-12)16-14(21)8-6-9-15(16)22/h6,8-9,12-13H,3-5,7,10-11H2,1-2H3. The highest BCUT2D eigenvalue weighted by atomic mass is 35.5. The van der Waals surface area contributed by atoms with Crippen LogP contribution >= 0.6 is 23.2 Å². The van der Waals surface area contributed by atoms with Gasteiger partial charge in [0.05, 0.1) is 10.0 Å². The van der Waals surface area contributed by atoms with Crippen LogP contribution in [0.3, 0.4) is 0 Å². The quantitative estimate of drug-likeness (QED) is 0.469. The summed E-state index contributed by atoms with van der Waals surface area (Å²) < 4.78 is 11.3. The summed E-state index contributed by atoms with van der Waals surface area (Å²) in [5.74, 6) is 0.407. The van der Waals surface area contributed by atoms with Crippen LogP contribution in [-0.2, 0) is 4.74 Å². The molecule has 1 aliphatic carbocycles. The highest BCUT2D eigenvalue weighted by Crippen LogP contribution is 2.46. The number of rotatable bonds is 8. The van der Waals surface area contributed by atoms with Crippen LogP contribution in [0, 0.1) is 0 Å². The molecular formula is C20H23Cl2NO3. The fraction of sp³-hybridized carbons (Fsp3) is 0.500. The summed E-state index contributed by atoms with van der Waals surface area (Å²) >= 11 is 12.7.